The van der Waals surface area contributed by atoms with E-state index in [-0.39, 0.29) is 0 Å². The molecule has 0 heterocycles. The summed E-state index contributed by atoms with van der Waals surface area (Å²) in [6.45, 7) is 0.660. The second-order valence-electron chi connectivity index (χ2n) is 4.43. The molecule has 5 nitrogen and oxygen atoms in total. The van der Waals surface area contributed by atoms with Crippen molar-refractivity contribution >= 4 is 33.3 Å². The molecule has 2 rings (SSSR count). The van der Waals surface area contributed by atoms with Crippen LogP contribution in [0.25, 0.3) is 0 Å². The summed E-state index contributed by atoms with van der Waals surface area (Å²) < 4.78 is 24.2. The third kappa shape index (κ3) is 5.30. The summed E-state index contributed by atoms with van der Waals surface area (Å²) in [6, 6.07) is 15.2. The van der Waals surface area contributed by atoms with Gasteiger partial charge in [-0.05, 0) is 42.2 Å². The van der Waals surface area contributed by atoms with Crippen LogP contribution in [-0.4, -0.2) is 14.7 Å². The Morgan fingerprint density at radius 1 is 1.10 bits per heavy atom. The van der Waals surface area contributed by atoms with Gasteiger partial charge in [0, 0.05) is 17.1 Å². The smallest absolute Gasteiger partial charge is 0.296 e. The number of rotatable bonds is 6. The lowest BCUT2D eigenvalue weighted by atomic mass is 10.2. The number of nitrogens with two attached hydrogens (primary N) is 1. The average Bonchev–Trinajstić information content (AvgIpc) is 2.44. The molecule has 0 spiro atoms. The number of thioether (sulfide) groups is 1. The molecule has 0 unspecified atom stereocenters. The first-order valence-electron chi connectivity index (χ1n) is 6.24. The fourth-order valence-electron chi connectivity index (χ4n) is 1.80. The number of hydrogen-bond acceptors (Lipinski definition) is 4. The van der Waals surface area contributed by atoms with Gasteiger partial charge >= 0.3 is 0 Å². The summed E-state index contributed by atoms with van der Waals surface area (Å²) in [6.07, 6.45) is 2.04. The van der Waals surface area contributed by atoms with Crippen LogP contribution >= 0.6 is 11.8 Å². The Kier molecular flexibility index (Phi) is 5.11. The minimum Gasteiger partial charge on any atom is -0.381 e. The predicted octanol–water partition coefficient (Wildman–Crippen LogP) is 2.64. The zero-order valence-electron chi connectivity index (χ0n) is 11.5. The lowest BCUT2D eigenvalue weighted by Crippen LogP contribution is -2.21. The van der Waals surface area contributed by atoms with Crippen molar-refractivity contribution < 1.29 is 8.42 Å². The summed E-state index contributed by atoms with van der Waals surface area (Å²) in [4.78, 5) is 1.22. The lowest BCUT2D eigenvalue weighted by Gasteiger charge is -2.09. The molecule has 0 bridgehead atoms. The van der Waals surface area contributed by atoms with Gasteiger partial charge in [-0.2, -0.15) is 8.42 Å². The highest BCUT2D eigenvalue weighted by Crippen LogP contribution is 2.18. The monoisotopic (exact) mass is 323 g/mol. The SMILES string of the molecule is CSc1ccc(CNc2cccc(NS(N)(=O)=O)c2)cc1. The number of benzene rings is 2. The van der Waals surface area contributed by atoms with Crippen molar-refractivity contribution in [3.05, 3.63) is 54.1 Å². The highest BCUT2D eigenvalue weighted by molar-refractivity contribution is 7.98. The number of hydrogen-bond donors (Lipinski definition) is 3. The molecule has 0 fully saturated rings. The van der Waals surface area contributed by atoms with Gasteiger partial charge in [0.25, 0.3) is 10.2 Å². The molecule has 0 amide bonds. The van der Waals surface area contributed by atoms with Crippen molar-refractivity contribution in [3.63, 3.8) is 0 Å². The Hall–Kier alpha value is -1.70. The first kappa shape index (κ1) is 15.7. The third-order valence-corrected chi connectivity index (χ3v) is 4.04. The summed E-state index contributed by atoms with van der Waals surface area (Å²) >= 11 is 1.70. The van der Waals surface area contributed by atoms with Crippen LogP contribution in [0.3, 0.4) is 0 Å². The molecule has 0 saturated heterocycles. The normalized spacial score (nSPS) is 11.1. The van der Waals surface area contributed by atoms with Crippen LogP contribution in [-0.2, 0) is 16.8 Å². The third-order valence-electron chi connectivity index (χ3n) is 2.78. The standard InChI is InChI=1S/C14H17N3O2S2/c1-20-14-7-5-11(6-8-14)10-16-12-3-2-4-13(9-12)17-21(15,18)19/h2-9,16-17H,10H2,1H3,(H2,15,18,19). The van der Waals surface area contributed by atoms with E-state index in [9.17, 15) is 8.42 Å². The van der Waals surface area contributed by atoms with Crippen LogP contribution in [0.5, 0.6) is 0 Å². The topological polar surface area (TPSA) is 84.2 Å². The maximum Gasteiger partial charge on any atom is 0.296 e. The molecular formula is C14H17N3O2S2. The molecule has 112 valence electrons. The van der Waals surface area contributed by atoms with Crippen molar-refractivity contribution in [2.24, 2.45) is 5.14 Å². The maximum atomic E-state index is 11.0. The van der Waals surface area contributed by atoms with E-state index in [1.807, 2.05) is 12.3 Å². The second-order valence-corrected chi connectivity index (χ2v) is 6.60. The van der Waals surface area contributed by atoms with Crippen molar-refractivity contribution in [2.45, 2.75) is 11.4 Å². The number of nitrogens with one attached hydrogen (secondary N) is 2. The van der Waals surface area contributed by atoms with Gasteiger partial charge in [0.1, 0.15) is 0 Å². The quantitative estimate of drug-likeness (QED) is 0.714. The second kappa shape index (κ2) is 6.84. The molecule has 0 aliphatic heterocycles. The Balaban J connectivity index is 2.01. The Morgan fingerprint density at radius 3 is 2.38 bits per heavy atom. The van der Waals surface area contributed by atoms with E-state index in [0.29, 0.717) is 12.2 Å². The molecule has 0 saturated carbocycles. The largest absolute Gasteiger partial charge is 0.381 e. The van der Waals surface area contributed by atoms with Gasteiger partial charge in [-0.15, -0.1) is 11.8 Å². The fraction of sp³-hybridized carbons (Fsp3) is 0.143. The molecule has 0 aromatic heterocycles. The minimum absolute atomic E-state index is 0.431. The zero-order chi connectivity index (χ0) is 15.3. The Bertz CT molecular complexity index is 700. The molecule has 0 radical (unpaired) electrons. The van der Waals surface area contributed by atoms with Crippen LogP contribution < -0.4 is 15.2 Å². The molecule has 0 aliphatic carbocycles. The van der Waals surface area contributed by atoms with Crippen LogP contribution in [0.4, 0.5) is 11.4 Å². The Morgan fingerprint density at radius 2 is 1.76 bits per heavy atom. The van der Waals surface area contributed by atoms with Crippen molar-refractivity contribution in [1.29, 1.82) is 0 Å². The van der Waals surface area contributed by atoms with Gasteiger partial charge in [0.15, 0.2) is 0 Å². The molecule has 21 heavy (non-hydrogen) atoms. The first-order valence-corrected chi connectivity index (χ1v) is 9.01. The fourth-order valence-corrected chi connectivity index (χ4v) is 2.67. The van der Waals surface area contributed by atoms with Crippen LogP contribution in [0.1, 0.15) is 5.56 Å². The summed E-state index contributed by atoms with van der Waals surface area (Å²) in [5, 5.41) is 8.19. The summed E-state index contributed by atoms with van der Waals surface area (Å²) in [5.41, 5.74) is 2.40. The average molecular weight is 323 g/mol. The van der Waals surface area contributed by atoms with Crippen LogP contribution in [0.15, 0.2) is 53.4 Å². The minimum atomic E-state index is -3.75. The molecule has 7 heteroatoms. The van der Waals surface area contributed by atoms with E-state index < -0.39 is 10.2 Å². The zero-order valence-corrected chi connectivity index (χ0v) is 13.2. The van der Waals surface area contributed by atoms with Crippen molar-refractivity contribution in [2.75, 3.05) is 16.3 Å². The molecule has 0 atom stereocenters. The highest BCUT2D eigenvalue weighted by atomic mass is 32.2. The molecule has 2 aromatic rings. The van der Waals surface area contributed by atoms with E-state index in [4.69, 9.17) is 5.14 Å². The van der Waals surface area contributed by atoms with E-state index in [0.717, 1.165) is 11.3 Å². The van der Waals surface area contributed by atoms with E-state index >= 15 is 0 Å². The summed E-state index contributed by atoms with van der Waals surface area (Å²) in [5.74, 6) is 0. The van der Waals surface area contributed by atoms with Crippen molar-refractivity contribution in [3.8, 4) is 0 Å². The number of anilines is 2. The highest BCUT2D eigenvalue weighted by Gasteiger charge is 2.02. The van der Waals surface area contributed by atoms with Gasteiger partial charge in [-0.3, -0.25) is 4.72 Å². The van der Waals surface area contributed by atoms with Gasteiger partial charge in [-0.25, -0.2) is 5.14 Å². The van der Waals surface area contributed by atoms with Gasteiger partial charge in [-0.1, -0.05) is 18.2 Å². The molecule has 2 aromatic carbocycles. The molecular weight excluding hydrogens is 306 g/mol. The van der Waals surface area contributed by atoms with Crippen LogP contribution in [0, 0.1) is 0 Å². The van der Waals surface area contributed by atoms with E-state index in [1.165, 1.54) is 4.90 Å². The summed E-state index contributed by atoms with van der Waals surface area (Å²) in [7, 11) is -3.75. The lowest BCUT2D eigenvalue weighted by molar-refractivity contribution is 0.603. The van der Waals surface area contributed by atoms with Crippen LogP contribution in [0.2, 0.25) is 0 Å². The molecule has 4 N–H and O–H groups in total. The van der Waals surface area contributed by atoms with Gasteiger partial charge in [0.2, 0.25) is 0 Å². The maximum absolute atomic E-state index is 11.0. The van der Waals surface area contributed by atoms with Crippen molar-refractivity contribution in [1.82, 2.24) is 0 Å². The van der Waals surface area contributed by atoms with E-state index in [1.54, 1.807) is 30.0 Å². The molecule has 0 aliphatic rings. The van der Waals surface area contributed by atoms with Gasteiger partial charge in [0.05, 0.1) is 5.69 Å². The van der Waals surface area contributed by atoms with E-state index in [2.05, 4.69) is 34.3 Å². The van der Waals surface area contributed by atoms with Gasteiger partial charge < -0.3 is 5.32 Å². The first-order chi connectivity index (χ1) is 9.96. The Labute approximate surface area is 129 Å². The predicted molar refractivity (Wildman–Crippen MR) is 88.7 cm³/mol.